The van der Waals surface area contributed by atoms with Crippen LogP contribution in [0.4, 0.5) is 16.2 Å². The van der Waals surface area contributed by atoms with Gasteiger partial charge in [0.2, 0.25) is 0 Å². The molecule has 19 heavy (non-hydrogen) atoms. The second kappa shape index (κ2) is 6.32. The first-order chi connectivity index (χ1) is 8.25. The molecule has 0 spiro atoms. The molecule has 106 valence electrons. The number of carbonyl (C=O) groups is 1. The van der Waals surface area contributed by atoms with Crippen molar-refractivity contribution in [1.29, 1.82) is 0 Å². The number of nitrogens with one attached hydrogen (secondary N) is 1. The summed E-state index contributed by atoms with van der Waals surface area (Å²) in [4.78, 5) is 16.0. The van der Waals surface area contributed by atoms with Crippen molar-refractivity contribution in [1.82, 2.24) is 10.2 Å². The highest BCUT2D eigenvalue weighted by molar-refractivity contribution is 5.95. The van der Waals surface area contributed by atoms with E-state index in [1.54, 1.807) is 0 Å². The summed E-state index contributed by atoms with van der Waals surface area (Å²) in [6.45, 7) is 3.30. The molecule has 2 amide bonds. The van der Waals surface area contributed by atoms with Gasteiger partial charge in [-0.1, -0.05) is 6.07 Å². The molecule has 1 aromatic carbocycles. The highest BCUT2D eigenvalue weighted by atomic mass is 35.5. The van der Waals surface area contributed by atoms with E-state index < -0.39 is 0 Å². The number of nitrogen functional groups attached to an aromatic ring is 1. The van der Waals surface area contributed by atoms with Crippen LogP contribution in [0.3, 0.4) is 0 Å². The monoisotopic (exact) mass is 304 g/mol. The molecule has 3 N–H and O–H groups in total. The maximum Gasteiger partial charge on any atom is 0.324 e. The van der Waals surface area contributed by atoms with E-state index in [0.717, 1.165) is 31.9 Å². The minimum Gasteiger partial charge on any atom is -0.399 e. The fourth-order valence-corrected chi connectivity index (χ4v) is 2.53. The lowest BCUT2D eigenvalue weighted by atomic mass is 10.2. The minimum atomic E-state index is 0. The second-order valence-electron chi connectivity index (χ2n) is 4.54. The zero-order valence-electron chi connectivity index (χ0n) is 10.4. The van der Waals surface area contributed by atoms with Crippen LogP contribution in [0.2, 0.25) is 0 Å². The summed E-state index contributed by atoms with van der Waals surface area (Å²) in [5, 5.41) is 3.31. The number of urea groups is 1. The van der Waals surface area contributed by atoms with Crippen LogP contribution in [0.5, 0.6) is 0 Å². The number of piperazine rings is 1. The molecule has 7 heteroatoms. The quantitative estimate of drug-likeness (QED) is 0.770. The Hall–Kier alpha value is -1.17. The van der Waals surface area contributed by atoms with Crippen LogP contribution in [-0.4, -0.2) is 43.2 Å². The number of carbonyl (C=O) groups excluding carboxylic acids is 1. The number of anilines is 2. The molecule has 2 aliphatic rings. The zero-order valence-corrected chi connectivity index (χ0v) is 12.0. The number of benzene rings is 1. The van der Waals surface area contributed by atoms with E-state index in [1.807, 2.05) is 34.1 Å². The summed E-state index contributed by atoms with van der Waals surface area (Å²) in [6.07, 6.45) is 0. The lowest BCUT2D eigenvalue weighted by molar-refractivity contribution is 0.193. The van der Waals surface area contributed by atoms with Gasteiger partial charge in [-0.2, -0.15) is 0 Å². The molecule has 3 rings (SSSR count). The smallest absolute Gasteiger partial charge is 0.324 e. The van der Waals surface area contributed by atoms with Gasteiger partial charge >= 0.3 is 6.03 Å². The molecule has 0 aromatic heterocycles. The molecule has 1 aromatic rings. The largest absolute Gasteiger partial charge is 0.399 e. The fraction of sp³-hybridized carbons (Fsp3) is 0.417. The lowest BCUT2D eigenvalue weighted by Crippen LogP contribution is -2.49. The van der Waals surface area contributed by atoms with E-state index in [1.165, 1.54) is 0 Å². The first-order valence-corrected chi connectivity index (χ1v) is 5.90. The van der Waals surface area contributed by atoms with E-state index in [4.69, 9.17) is 5.73 Å². The van der Waals surface area contributed by atoms with Crippen LogP contribution in [0, 0.1) is 0 Å². The van der Waals surface area contributed by atoms with Crippen LogP contribution in [0.25, 0.3) is 0 Å². The van der Waals surface area contributed by atoms with Gasteiger partial charge in [-0.25, -0.2) is 4.79 Å². The van der Waals surface area contributed by atoms with Crippen molar-refractivity contribution in [3.8, 4) is 0 Å². The van der Waals surface area contributed by atoms with Gasteiger partial charge in [0.1, 0.15) is 0 Å². The normalized spacial score (nSPS) is 21.5. The summed E-state index contributed by atoms with van der Waals surface area (Å²) in [7, 11) is 0. The highest BCUT2D eigenvalue weighted by Crippen LogP contribution is 2.25. The summed E-state index contributed by atoms with van der Waals surface area (Å²) in [5.74, 6) is 0. The molecule has 1 atom stereocenters. The number of amides is 2. The standard InChI is InChI=1S/C12H16N4O.2ClH/c13-9-2-1-3-10(6-9)16-8-11-7-14-4-5-15(11)12(16)17;;/h1-3,6,11,14H,4-5,7-8,13H2;2*1H. The van der Waals surface area contributed by atoms with Gasteiger partial charge in [-0.3, -0.25) is 4.90 Å². The van der Waals surface area contributed by atoms with Gasteiger partial charge in [0.05, 0.1) is 6.04 Å². The summed E-state index contributed by atoms with van der Waals surface area (Å²) >= 11 is 0. The fourth-order valence-electron chi connectivity index (χ4n) is 2.53. The number of hydrogen-bond donors (Lipinski definition) is 2. The zero-order chi connectivity index (χ0) is 11.8. The molecule has 2 heterocycles. The van der Waals surface area contributed by atoms with Crippen LogP contribution in [-0.2, 0) is 0 Å². The van der Waals surface area contributed by atoms with Crippen molar-refractivity contribution in [2.45, 2.75) is 6.04 Å². The topological polar surface area (TPSA) is 61.6 Å². The molecule has 2 saturated heterocycles. The Morgan fingerprint density at radius 3 is 2.79 bits per heavy atom. The Morgan fingerprint density at radius 1 is 1.32 bits per heavy atom. The molecule has 0 bridgehead atoms. The van der Waals surface area contributed by atoms with Gasteiger partial charge in [0.25, 0.3) is 0 Å². The van der Waals surface area contributed by atoms with Crippen molar-refractivity contribution in [3.05, 3.63) is 24.3 Å². The number of halogens is 2. The predicted molar refractivity (Wildman–Crippen MR) is 81.5 cm³/mol. The maximum atomic E-state index is 12.2. The number of fused-ring (bicyclic) bond motifs is 1. The average molecular weight is 305 g/mol. The Bertz CT molecular complexity index is 457. The molecule has 2 fully saturated rings. The number of hydrogen-bond acceptors (Lipinski definition) is 3. The van der Waals surface area contributed by atoms with Gasteiger partial charge in [-0.05, 0) is 18.2 Å². The number of nitrogens with two attached hydrogens (primary N) is 1. The summed E-state index contributed by atoms with van der Waals surface area (Å²) in [5.41, 5.74) is 7.34. The van der Waals surface area contributed by atoms with Crippen LogP contribution in [0.15, 0.2) is 24.3 Å². The van der Waals surface area contributed by atoms with Gasteiger partial charge in [-0.15, -0.1) is 24.8 Å². The van der Waals surface area contributed by atoms with Crippen molar-refractivity contribution < 1.29 is 4.79 Å². The van der Waals surface area contributed by atoms with Gasteiger partial charge < -0.3 is 16.0 Å². The van der Waals surface area contributed by atoms with E-state index >= 15 is 0 Å². The van der Waals surface area contributed by atoms with Crippen molar-refractivity contribution in [2.75, 3.05) is 36.8 Å². The van der Waals surface area contributed by atoms with Crippen molar-refractivity contribution >= 4 is 42.2 Å². The summed E-state index contributed by atoms with van der Waals surface area (Å²) < 4.78 is 0. The summed E-state index contributed by atoms with van der Waals surface area (Å²) in [6, 6.07) is 7.89. The maximum absolute atomic E-state index is 12.2. The molecular weight excluding hydrogens is 287 g/mol. The molecule has 0 aliphatic carbocycles. The lowest BCUT2D eigenvalue weighted by Gasteiger charge is -2.28. The Morgan fingerprint density at radius 2 is 2.11 bits per heavy atom. The van der Waals surface area contributed by atoms with E-state index in [-0.39, 0.29) is 36.9 Å². The number of rotatable bonds is 1. The van der Waals surface area contributed by atoms with Gasteiger partial charge in [0, 0.05) is 37.6 Å². The van der Waals surface area contributed by atoms with Gasteiger partial charge in [0.15, 0.2) is 0 Å². The Kier molecular flexibility index (Phi) is 5.29. The van der Waals surface area contributed by atoms with E-state index in [9.17, 15) is 4.79 Å². The predicted octanol–water partition coefficient (Wildman–Crippen LogP) is 1.33. The highest BCUT2D eigenvalue weighted by Gasteiger charge is 2.38. The minimum absolute atomic E-state index is 0. The van der Waals surface area contributed by atoms with Crippen LogP contribution < -0.4 is 16.0 Å². The van der Waals surface area contributed by atoms with Crippen molar-refractivity contribution in [3.63, 3.8) is 0 Å². The Balaban J connectivity index is 0.000000902. The SMILES string of the molecule is Cl.Cl.Nc1cccc(N2CC3CNCCN3C2=O)c1. The second-order valence-corrected chi connectivity index (χ2v) is 4.54. The Labute approximate surface area is 124 Å². The molecule has 0 radical (unpaired) electrons. The first-order valence-electron chi connectivity index (χ1n) is 5.90. The first kappa shape index (κ1) is 15.9. The average Bonchev–Trinajstić information content (AvgIpc) is 2.68. The van der Waals surface area contributed by atoms with E-state index in [0.29, 0.717) is 5.69 Å². The van der Waals surface area contributed by atoms with Crippen LogP contribution in [0.1, 0.15) is 0 Å². The number of nitrogens with zero attached hydrogens (tertiary/aromatic N) is 2. The van der Waals surface area contributed by atoms with Crippen LogP contribution >= 0.6 is 24.8 Å². The van der Waals surface area contributed by atoms with E-state index in [2.05, 4.69) is 5.32 Å². The van der Waals surface area contributed by atoms with Crippen molar-refractivity contribution in [2.24, 2.45) is 0 Å². The molecule has 2 aliphatic heterocycles. The molecular formula is C12H18Cl2N4O. The third kappa shape index (κ3) is 2.88. The third-order valence-corrected chi connectivity index (χ3v) is 3.40. The molecule has 0 saturated carbocycles. The third-order valence-electron chi connectivity index (χ3n) is 3.40. The molecule has 1 unspecified atom stereocenters. The molecule has 5 nitrogen and oxygen atoms in total.